The third-order valence-corrected chi connectivity index (χ3v) is 4.06. The predicted octanol–water partition coefficient (Wildman–Crippen LogP) is 2.85. The summed E-state index contributed by atoms with van der Waals surface area (Å²) >= 11 is 17.7. The zero-order chi connectivity index (χ0) is 14.7. The Morgan fingerprint density at radius 1 is 1.35 bits per heavy atom. The number of amides is 1. The summed E-state index contributed by atoms with van der Waals surface area (Å²) in [4.78, 5) is 13.8. The third kappa shape index (κ3) is 3.92. The normalized spacial score (nSPS) is 19.0. The summed E-state index contributed by atoms with van der Waals surface area (Å²) in [6, 6.07) is 3.30. The van der Waals surface area contributed by atoms with Gasteiger partial charge in [-0.25, -0.2) is 0 Å². The molecular weight excluding hydrogens is 323 g/mol. The molecule has 1 N–H and O–H groups in total. The average Bonchev–Trinajstić information content (AvgIpc) is 2.41. The van der Waals surface area contributed by atoms with E-state index in [0.29, 0.717) is 39.9 Å². The van der Waals surface area contributed by atoms with Gasteiger partial charge in [0.25, 0.3) is 5.91 Å². The van der Waals surface area contributed by atoms with E-state index in [2.05, 4.69) is 5.32 Å². The van der Waals surface area contributed by atoms with Crippen molar-refractivity contribution in [1.29, 1.82) is 0 Å². The van der Waals surface area contributed by atoms with Crippen molar-refractivity contribution in [2.75, 3.05) is 26.2 Å². The third-order valence-electron chi connectivity index (χ3n) is 3.05. The maximum Gasteiger partial charge on any atom is 0.260 e. The molecule has 0 saturated carbocycles. The van der Waals surface area contributed by atoms with Crippen molar-refractivity contribution in [2.24, 2.45) is 0 Å². The molecule has 1 aromatic rings. The van der Waals surface area contributed by atoms with E-state index in [1.165, 1.54) is 12.1 Å². The van der Waals surface area contributed by atoms with E-state index in [0.717, 1.165) is 6.54 Å². The van der Waals surface area contributed by atoms with Crippen LogP contribution in [0.4, 0.5) is 0 Å². The Morgan fingerprint density at radius 3 is 2.75 bits per heavy atom. The summed E-state index contributed by atoms with van der Waals surface area (Å²) < 4.78 is 5.44. The van der Waals surface area contributed by atoms with Crippen LogP contribution >= 0.6 is 34.8 Å². The Balaban J connectivity index is 1.95. The standard InChI is InChI=1S/C13H15Cl3N2O2/c1-8-6-18(3-2-17-8)13(19)7-20-12-5-10(15)9(14)4-11(12)16/h4-5,8,17H,2-3,6-7H2,1H3. The molecule has 2 rings (SSSR count). The van der Waals surface area contributed by atoms with E-state index in [4.69, 9.17) is 39.5 Å². The predicted molar refractivity (Wildman–Crippen MR) is 81.0 cm³/mol. The lowest BCUT2D eigenvalue weighted by Gasteiger charge is -2.31. The highest BCUT2D eigenvalue weighted by Crippen LogP contribution is 2.33. The number of hydrogen-bond donors (Lipinski definition) is 1. The number of nitrogens with one attached hydrogen (secondary N) is 1. The number of hydrogen-bond acceptors (Lipinski definition) is 3. The molecule has 1 heterocycles. The number of nitrogens with zero attached hydrogens (tertiary/aromatic N) is 1. The lowest BCUT2D eigenvalue weighted by atomic mass is 10.2. The van der Waals surface area contributed by atoms with Crippen LogP contribution in [-0.4, -0.2) is 43.1 Å². The first-order chi connectivity index (χ1) is 9.47. The molecule has 0 aromatic heterocycles. The van der Waals surface area contributed by atoms with Gasteiger partial charge >= 0.3 is 0 Å². The van der Waals surface area contributed by atoms with Gasteiger partial charge in [-0.1, -0.05) is 34.8 Å². The van der Waals surface area contributed by atoms with Crippen molar-refractivity contribution < 1.29 is 9.53 Å². The van der Waals surface area contributed by atoms with E-state index in [9.17, 15) is 4.79 Å². The van der Waals surface area contributed by atoms with E-state index < -0.39 is 0 Å². The van der Waals surface area contributed by atoms with Crippen molar-refractivity contribution >= 4 is 40.7 Å². The second-order valence-corrected chi connectivity index (χ2v) is 5.90. The van der Waals surface area contributed by atoms with Crippen LogP contribution in [0.3, 0.4) is 0 Å². The van der Waals surface area contributed by atoms with Gasteiger partial charge in [0.1, 0.15) is 5.75 Å². The van der Waals surface area contributed by atoms with Crippen LogP contribution in [-0.2, 0) is 4.79 Å². The molecule has 1 saturated heterocycles. The molecule has 1 aliphatic heterocycles. The lowest BCUT2D eigenvalue weighted by molar-refractivity contribution is -0.134. The molecule has 0 radical (unpaired) electrons. The van der Waals surface area contributed by atoms with Crippen molar-refractivity contribution in [1.82, 2.24) is 10.2 Å². The first kappa shape index (κ1) is 15.7. The zero-order valence-electron chi connectivity index (χ0n) is 11.0. The van der Waals surface area contributed by atoms with Gasteiger partial charge in [-0.15, -0.1) is 0 Å². The van der Waals surface area contributed by atoms with Gasteiger partial charge in [0.2, 0.25) is 0 Å². The van der Waals surface area contributed by atoms with E-state index in [1.807, 2.05) is 6.92 Å². The Kier molecular flexibility index (Phi) is 5.38. The molecule has 1 fully saturated rings. The van der Waals surface area contributed by atoms with Crippen molar-refractivity contribution in [3.05, 3.63) is 27.2 Å². The minimum absolute atomic E-state index is 0.0651. The molecule has 4 nitrogen and oxygen atoms in total. The first-order valence-corrected chi connectivity index (χ1v) is 7.39. The number of halogens is 3. The summed E-state index contributed by atoms with van der Waals surface area (Å²) in [5.74, 6) is 0.290. The molecule has 1 atom stereocenters. The number of ether oxygens (including phenoxy) is 1. The maximum atomic E-state index is 12.1. The molecule has 1 aromatic carbocycles. The van der Waals surface area contributed by atoms with Crippen molar-refractivity contribution in [3.63, 3.8) is 0 Å². The molecule has 1 amide bonds. The largest absolute Gasteiger partial charge is 0.482 e. The van der Waals surface area contributed by atoms with Crippen LogP contribution in [0.5, 0.6) is 5.75 Å². The number of piperazine rings is 1. The number of rotatable bonds is 3. The molecule has 7 heteroatoms. The fourth-order valence-corrected chi connectivity index (χ4v) is 2.60. The quantitative estimate of drug-likeness (QED) is 0.862. The van der Waals surface area contributed by atoms with Crippen LogP contribution in [0.2, 0.25) is 15.1 Å². The van der Waals surface area contributed by atoms with Gasteiger partial charge in [-0.05, 0) is 13.0 Å². The van der Waals surface area contributed by atoms with Gasteiger partial charge in [-0.3, -0.25) is 4.79 Å². The fraction of sp³-hybridized carbons (Fsp3) is 0.462. The fourth-order valence-electron chi connectivity index (χ4n) is 2.00. The van der Waals surface area contributed by atoms with Gasteiger partial charge < -0.3 is 15.0 Å². The highest BCUT2D eigenvalue weighted by molar-refractivity contribution is 6.43. The van der Waals surface area contributed by atoms with Gasteiger partial charge in [-0.2, -0.15) is 0 Å². The monoisotopic (exact) mass is 336 g/mol. The highest BCUT2D eigenvalue weighted by Gasteiger charge is 2.21. The summed E-state index contributed by atoms with van der Waals surface area (Å²) in [5.41, 5.74) is 0. The van der Waals surface area contributed by atoms with Crippen LogP contribution < -0.4 is 10.1 Å². The Morgan fingerprint density at radius 2 is 2.05 bits per heavy atom. The molecule has 0 bridgehead atoms. The van der Waals surface area contributed by atoms with E-state index in [1.54, 1.807) is 4.90 Å². The van der Waals surface area contributed by atoms with Crippen LogP contribution in [0.15, 0.2) is 12.1 Å². The van der Waals surface area contributed by atoms with Crippen LogP contribution in [0.1, 0.15) is 6.92 Å². The molecule has 110 valence electrons. The lowest BCUT2D eigenvalue weighted by Crippen LogP contribution is -2.52. The first-order valence-electron chi connectivity index (χ1n) is 6.26. The molecule has 1 unspecified atom stereocenters. The molecule has 0 spiro atoms. The van der Waals surface area contributed by atoms with Crippen molar-refractivity contribution in [3.8, 4) is 5.75 Å². The minimum atomic E-state index is -0.0690. The summed E-state index contributed by atoms with van der Waals surface area (Å²) in [6.07, 6.45) is 0. The molecular formula is C13H15Cl3N2O2. The Hall–Kier alpha value is -0.680. The number of carbonyl (C=O) groups excluding carboxylic acids is 1. The number of benzene rings is 1. The van der Waals surface area contributed by atoms with Gasteiger partial charge in [0.05, 0.1) is 15.1 Å². The van der Waals surface area contributed by atoms with Gasteiger partial charge in [0.15, 0.2) is 6.61 Å². The number of carbonyl (C=O) groups is 1. The molecule has 0 aliphatic carbocycles. The second kappa shape index (κ2) is 6.85. The van der Waals surface area contributed by atoms with E-state index in [-0.39, 0.29) is 12.5 Å². The summed E-state index contributed by atoms with van der Waals surface area (Å²) in [5, 5.41) is 4.30. The van der Waals surface area contributed by atoms with Crippen LogP contribution in [0, 0.1) is 0 Å². The molecule has 1 aliphatic rings. The SMILES string of the molecule is CC1CN(C(=O)COc2cc(Cl)c(Cl)cc2Cl)CCN1. The topological polar surface area (TPSA) is 41.6 Å². The second-order valence-electron chi connectivity index (χ2n) is 4.68. The molecule has 20 heavy (non-hydrogen) atoms. The Bertz CT molecular complexity index is 511. The smallest absolute Gasteiger partial charge is 0.260 e. The van der Waals surface area contributed by atoms with Gasteiger partial charge in [0, 0.05) is 31.7 Å². The maximum absolute atomic E-state index is 12.1. The van der Waals surface area contributed by atoms with E-state index >= 15 is 0 Å². The summed E-state index contributed by atoms with van der Waals surface area (Å²) in [6.45, 7) is 4.12. The zero-order valence-corrected chi connectivity index (χ0v) is 13.2. The highest BCUT2D eigenvalue weighted by atomic mass is 35.5. The average molecular weight is 338 g/mol. The minimum Gasteiger partial charge on any atom is -0.482 e. The Labute approximate surface area is 132 Å². The summed E-state index contributed by atoms with van der Waals surface area (Å²) in [7, 11) is 0. The van der Waals surface area contributed by atoms with Crippen LogP contribution in [0.25, 0.3) is 0 Å². The van der Waals surface area contributed by atoms with Crippen molar-refractivity contribution in [2.45, 2.75) is 13.0 Å².